The summed E-state index contributed by atoms with van der Waals surface area (Å²) < 4.78 is 0. The molecule has 11 N–H and O–H groups in total. The normalized spacial score (nSPS) is 11.3. The fraction of sp³-hybridized carbons (Fsp3) is 0.194. The lowest BCUT2D eigenvalue weighted by Crippen LogP contribution is -2.41. The standard InChI is InChI=1S/C20H22N8O5.C11H10Cl2N4/c1-28(9-11-8-23-17-15(24-11)16(21)26-20(22)27-17)12-4-2-10(3-5-12)18(31)25-13(19(32)33)6-7-14(29)30;1-5-9(10(14)17-11(15)16-5)6-2-3-7(12)8(13)4-6/h2-5,8,13H,6-7,9H2,1H3,(H,25,31)(H,29,30)(H,32,33)(H4,21,22,23,26,27);2-4H,1H3,(H4,14,15,16,17)/t13-;/m0./s1. The number of fused-ring (bicyclic) bond motifs is 1. The summed E-state index contributed by atoms with van der Waals surface area (Å²) in [5.74, 6) is -2.42. The van der Waals surface area contributed by atoms with Gasteiger partial charge in [0.15, 0.2) is 17.0 Å². The van der Waals surface area contributed by atoms with Gasteiger partial charge in [0, 0.05) is 30.3 Å². The molecule has 2 aromatic carbocycles. The van der Waals surface area contributed by atoms with Gasteiger partial charge in [0.1, 0.15) is 11.9 Å². The van der Waals surface area contributed by atoms with Crippen LogP contribution < -0.4 is 33.2 Å². The number of nitrogens with two attached hydrogens (primary N) is 4. The number of carboxylic acids is 2. The SMILES string of the molecule is CN(Cc1cnc2nc(N)nc(N)c2n1)c1ccc(C(=O)N[C@@H](CCC(=O)O)C(=O)O)cc1.Cc1nc(N)nc(N)c1-c1ccc(Cl)c(Cl)c1. The van der Waals surface area contributed by atoms with Crippen molar-refractivity contribution in [1.82, 2.24) is 35.2 Å². The molecule has 19 heteroatoms. The Morgan fingerprint density at radius 2 is 1.54 bits per heavy atom. The van der Waals surface area contributed by atoms with Crippen LogP contribution in [0.15, 0.2) is 48.7 Å². The van der Waals surface area contributed by atoms with Gasteiger partial charge in [-0.05, 0) is 55.3 Å². The molecule has 1 atom stereocenters. The number of aromatic nitrogens is 6. The molecule has 5 rings (SSSR count). The number of hydrogen-bond donors (Lipinski definition) is 7. The lowest BCUT2D eigenvalue weighted by Gasteiger charge is -2.19. The van der Waals surface area contributed by atoms with E-state index in [1.807, 2.05) is 24.9 Å². The molecule has 5 aromatic rings. The second kappa shape index (κ2) is 15.9. The molecule has 0 fully saturated rings. The number of carboxylic acid groups (broad SMARTS) is 2. The lowest BCUT2D eigenvalue weighted by atomic mass is 10.1. The Kier molecular flexibility index (Phi) is 11.7. The van der Waals surface area contributed by atoms with Gasteiger partial charge in [-0.3, -0.25) is 9.59 Å². The predicted molar refractivity (Wildman–Crippen MR) is 189 cm³/mol. The number of carbonyl (C=O) groups excluding carboxylic acids is 1. The van der Waals surface area contributed by atoms with Gasteiger partial charge >= 0.3 is 11.9 Å². The van der Waals surface area contributed by atoms with Crippen molar-refractivity contribution in [3.8, 4) is 11.1 Å². The van der Waals surface area contributed by atoms with Crippen molar-refractivity contribution in [3.63, 3.8) is 0 Å². The molecule has 260 valence electrons. The zero-order valence-electron chi connectivity index (χ0n) is 26.6. The van der Waals surface area contributed by atoms with E-state index >= 15 is 0 Å². The van der Waals surface area contributed by atoms with Crippen LogP contribution >= 0.6 is 23.2 Å². The Balaban J connectivity index is 0.000000276. The summed E-state index contributed by atoms with van der Waals surface area (Å²) >= 11 is 11.8. The summed E-state index contributed by atoms with van der Waals surface area (Å²) in [5.41, 5.74) is 27.2. The van der Waals surface area contributed by atoms with Crippen molar-refractivity contribution in [2.45, 2.75) is 32.4 Å². The van der Waals surface area contributed by atoms with E-state index in [4.69, 9.17) is 51.2 Å². The predicted octanol–water partition coefficient (Wildman–Crippen LogP) is 3.19. The van der Waals surface area contributed by atoms with Gasteiger partial charge in [0.25, 0.3) is 5.91 Å². The first-order chi connectivity index (χ1) is 23.6. The number of nitrogens with zero attached hydrogens (tertiary/aromatic N) is 7. The average Bonchev–Trinajstić information content (AvgIpc) is 3.04. The molecule has 0 saturated heterocycles. The van der Waals surface area contributed by atoms with Crippen LogP contribution in [0, 0.1) is 6.92 Å². The number of rotatable bonds is 10. The van der Waals surface area contributed by atoms with Crippen molar-refractivity contribution in [2.75, 3.05) is 34.9 Å². The molecule has 0 bridgehead atoms. The topological polar surface area (TPSA) is 288 Å². The van der Waals surface area contributed by atoms with Crippen LogP contribution in [0.5, 0.6) is 0 Å². The number of aliphatic carboxylic acids is 2. The molecule has 3 heterocycles. The quantitative estimate of drug-likeness (QED) is 0.109. The Morgan fingerprint density at radius 3 is 2.16 bits per heavy atom. The number of amides is 1. The molecule has 0 saturated carbocycles. The summed E-state index contributed by atoms with van der Waals surface area (Å²) in [6.07, 6.45) is 0.964. The van der Waals surface area contributed by atoms with E-state index < -0.39 is 23.9 Å². The Bertz CT molecular complexity index is 2040. The molecule has 50 heavy (non-hydrogen) atoms. The van der Waals surface area contributed by atoms with E-state index in [-0.39, 0.29) is 36.1 Å². The zero-order chi connectivity index (χ0) is 36.7. The van der Waals surface area contributed by atoms with Gasteiger partial charge in [-0.25, -0.2) is 19.7 Å². The molecule has 0 radical (unpaired) electrons. The van der Waals surface area contributed by atoms with E-state index in [1.54, 1.807) is 30.5 Å². The van der Waals surface area contributed by atoms with Crippen LogP contribution in [0.1, 0.15) is 34.6 Å². The van der Waals surface area contributed by atoms with Crippen LogP contribution in [-0.2, 0) is 16.1 Å². The molecule has 1 amide bonds. The summed E-state index contributed by atoms with van der Waals surface area (Å²) in [4.78, 5) is 60.7. The van der Waals surface area contributed by atoms with Crippen molar-refractivity contribution in [1.29, 1.82) is 0 Å². The number of aryl methyl sites for hydroxylation is 1. The van der Waals surface area contributed by atoms with Crippen LogP contribution in [0.3, 0.4) is 0 Å². The van der Waals surface area contributed by atoms with Crippen LogP contribution in [0.2, 0.25) is 10.0 Å². The van der Waals surface area contributed by atoms with Crippen molar-refractivity contribution >= 4 is 81.4 Å². The fourth-order valence-corrected chi connectivity index (χ4v) is 4.95. The lowest BCUT2D eigenvalue weighted by molar-refractivity contribution is -0.140. The monoisotopic (exact) mass is 722 g/mol. The third-order valence-corrected chi connectivity index (χ3v) is 7.80. The second-order valence-corrected chi connectivity index (χ2v) is 11.6. The van der Waals surface area contributed by atoms with E-state index in [2.05, 4.69) is 35.2 Å². The highest BCUT2D eigenvalue weighted by Gasteiger charge is 2.22. The minimum atomic E-state index is -1.30. The van der Waals surface area contributed by atoms with Crippen molar-refractivity contribution in [2.24, 2.45) is 0 Å². The van der Waals surface area contributed by atoms with Crippen LogP contribution in [0.25, 0.3) is 22.3 Å². The van der Waals surface area contributed by atoms with Crippen LogP contribution in [-0.4, -0.2) is 71.1 Å². The summed E-state index contributed by atoms with van der Waals surface area (Å²) in [5, 5.41) is 21.2. The first-order valence-electron chi connectivity index (χ1n) is 14.6. The highest BCUT2D eigenvalue weighted by molar-refractivity contribution is 6.42. The number of carbonyl (C=O) groups is 3. The van der Waals surface area contributed by atoms with Gasteiger partial charge in [0.2, 0.25) is 11.9 Å². The van der Waals surface area contributed by atoms with Gasteiger partial charge in [-0.1, -0.05) is 29.3 Å². The van der Waals surface area contributed by atoms with Gasteiger partial charge in [-0.15, -0.1) is 0 Å². The van der Waals surface area contributed by atoms with E-state index in [1.165, 1.54) is 12.1 Å². The Morgan fingerprint density at radius 1 is 0.880 bits per heavy atom. The number of nitrogens with one attached hydrogen (secondary N) is 1. The molecule has 0 spiro atoms. The highest BCUT2D eigenvalue weighted by Crippen LogP contribution is 2.32. The molecular weight excluding hydrogens is 691 g/mol. The molecule has 0 aliphatic rings. The molecule has 0 aliphatic carbocycles. The summed E-state index contributed by atoms with van der Waals surface area (Å²) in [7, 11) is 1.82. The highest BCUT2D eigenvalue weighted by atomic mass is 35.5. The minimum absolute atomic E-state index is 0.0138. The van der Waals surface area contributed by atoms with Gasteiger partial charge < -0.3 is 43.4 Å². The summed E-state index contributed by atoms with van der Waals surface area (Å²) in [6.45, 7) is 2.18. The van der Waals surface area contributed by atoms with Crippen LogP contribution in [0.4, 0.5) is 29.2 Å². The largest absolute Gasteiger partial charge is 0.481 e. The fourth-order valence-electron chi connectivity index (χ4n) is 4.65. The van der Waals surface area contributed by atoms with E-state index in [0.29, 0.717) is 45.0 Å². The first kappa shape index (κ1) is 36.8. The third kappa shape index (κ3) is 9.30. The number of hydrogen-bond acceptors (Lipinski definition) is 14. The Labute approximate surface area is 294 Å². The Hall–Kier alpha value is -6.07. The number of benzene rings is 2. The maximum Gasteiger partial charge on any atom is 0.326 e. The maximum absolute atomic E-state index is 12.4. The van der Waals surface area contributed by atoms with E-state index in [0.717, 1.165) is 16.8 Å². The number of nitrogen functional groups attached to an aromatic ring is 4. The third-order valence-electron chi connectivity index (χ3n) is 7.06. The average molecular weight is 724 g/mol. The maximum atomic E-state index is 12.4. The summed E-state index contributed by atoms with van der Waals surface area (Å²) in [6, 6.07) is 10.4. The molecule has 17 nitrogen and oxygen atoms in total. The smallest absolute Gasteiger partial charge is 0.326 e. The zero-order valence-corrected chi connectivity index (χ0v) is 28.1. The van der Waals surface area contributed by atoms with E-state index in [9.17, 15) is 19.5 Å². The molecule has 3 aromatic heterocycles. The molecule has 0 unspecified atom stereocenters. The van der Waals surface area contributed by atoms with Crippen molar-refractivity contribution < 1.29 is 24.6 Å². The van der Waals surface area contributed by atoms with Gasteiger partial charge in [-0.2, -0.15) is 15.0 Å². The number of anilines is 5. The second-order valence-electron chi connectivity index (χ2n) is 10.8. The molecular formula is C31H32Cl2N12O5. The molecule has 0 aliphatic heterocycles. The van der Waals surface area contributed by atoms with Gasteiger partial charge in [0.05, 0.1) is 34.2 Å². The van der Waals surface area contributed by atoms with Crippen molar-refractivity contribution in [3.05, 3.63) is 75.7 Å². The number of halogens is 2. The first-order valence-corrected chi connectivity index (χ1v) is 15.3. The minimum Gasteiger partial charge on any atom is -0.481 e.